The summed E-state index contributed by atoms with van der Waals surface area (Å²) in [6, 6.07) is 4.83. The van der Waals surface area contributed by atoms with Crippen molar-refractivity contribution < 1.29 is 27.1 Å². The monoisotopic (exact) mass is 440 g/mol. The highest BCUT2D eigenvalue weighted by atomic mass is 32.2. The zero-order chi connectivity index (χ0) is 21.6. The van der Waals surface area contributed by atoms with Gasteiger partial charge in [-0.15, -0.1) is 0 Å². The summed E-state index contributed by atoms with van der Waals surface area (Å²) >= 11 is 0. The first-order chi connectivity index (χ1) is 14.3. The van der Waals surface area contributed by atoms with E-state index >= 15 is 0 Å². The summed E-state index contributed by atoms with van der Waals surface area (Å²) in [6.07, 6.45) is 4.15. The summed E-state index contributed by atoms with van der Waals surface area (Å²) in [5.74, 6) is -0.0202. The third-order valence-corrected chi connectivity index (χ3v) is 7.07. The minimum Gasteiger partial charge on any atom is -0.490 e. The van der Waals surface area contributed by atoms with Crippen LogP contribution in [0.5, 0.6) is 5.75 Å². The Labute approximate surface area is 177 Å². The number of amidine groups is 1. The molecule has 0 aromatic heterocycles. The fourth-order valence-electron chi connectivity index (χ4n) is 3.18. The molecule has 7 nitrogen and oxygen atoms in total. The lowest BCUT2D eigenvalue weighted by Crippen LogP contribution is -2.26. The number of nitrogens with one attached hydrogen (secondary N) is 1. The molecule has 1 aromatic carbocycles. The van der Waals surface area contributed by atoms with Crippen molar-refractivity contribution in [3.63, 3.8) is 0 Å². The lowest BCUT2D eigenvalue weighted by Gasteiger charge is -2.15. The SMILES string of the molecule is C[C@@H](CS(=O)(=O)CCCCCOC1=NCC(=O)N1)c1ccc(F)c(OCC2CC2)c1. The normalized spacial score (nSPS) is 17.4. The van der Waals surface area contributed by atoms with E-state index in [1.54, 1.807) is 12.1 Å². The highest BCUT2D eigenvalue weighted by Crippen LogP contribution is 2.31. The molecule has 0 saturated heterocycles. The second kappa shape index (κ2) is 10.2. The van der Waals surface area contributed by atoms with Crippen LogP contribution in [0.2, 0.25) is 0 Å². The molecule has 1 fully saturated rings. The topological polar surface area (TPSA) is 94.1 Å². The Morgan fingerprint density at radius 2 is 2.03 bits per heavy atom. The number of benzene rings is 1. The molecule has 1 N–H and O–H groups in total. The van der Waals surface area contributed by atoms with Crippen molar-refractivity contribution in [1.82, 2.24) is 5.32 Å². The Hall–Kier alpha value is -2.16. The lowest BCUT2D eigenvalue weighted by atomic mass is 10.0. The minimum atomic E-state index is -3.23. The van der Waals surface area contributed by atoms with Gasteiger partial charge in [0, 0.05) is 0 Å². The lowest BCUT2D eigenvalue weighted by molar-refractivity contribution is -0.117. The van der Waals surface area contributed by atoms with E-state index in [1.165, 1.54) is 6.07 Å². The second-order valence-corrected chi connectivity index (χ2v) is 10.3. The smallest absolute Gasteiger partial charge is 0.291 e. The molecule has 0 bridgehead atoms. The van der Waals surface area contributed by atoms with E-state index in [9.17, 15) is 17.6 Å². The first-order valence-electron chi connectivity index (χ1n) is 10.4. The molecule has 2 aliphatic rings. The van der Waals surface area contributed by atoms with Gasteiger partial charge in [0.05, 0.1) is 24.7 Å². The van der Waals surface area contributed by atoms with Crippen LogP contribution in [-0.2, 0) is 19.4 Å². The Morgan fingerprint density at radius 3 is 2.73 bits per heavy atom. The number of carbonyl (C=O) groups excluding carboxylic acids is 1. The molecular formula is C21H29FN2O5S. The van der Waals surface area contributed by atoms with Crippen LogP contribution in [-0.4, -0.2) is 51.6 Å². The van der Waals surface area contributed by atoms with Gasteiger partial charge in [0.15, 0.2) is 21.4 Å². The van der Waals surface area contributed by atoms with E-state index in [0.29, 0.717) is 38.4 Å². The Kier molecular flexibility index (Phi) is 7.69. The van der Waals surface area contributed by atoms with Crippen molar-refractivity contribution >= 4 is 21.8 Å². The standard InChI is InChI=1S/C21H29FN2O5S/c1-15(17-7-8-18(22)19(11-17)29-13-16-5-6-16)14-30(26,27)10-4-2-3-9-28-21-23-12-20(25)24-21/h7-8,11,15-16H,2-6,9-10,12-14H2,1H3,(H,23,24,25)/t15-/m0/s1. The highest BCUT2D eigenvalue weighted by molar-refractivity contribution is 7.91. The number of hydrogen-bond acceptors (Lipinski definition) is 6. The van der Waals surface area contributed by atoms with Gasteiger partial charge in [-0.05, 0) is 61.6 Å². The fraction of sp³-hybridized carbons (Fsp3) is 0.619. The third kappa shape index (κ3) is 7.27. The molecule has 0 spiro atoms. The van der Waals surface area contributed by atoms with Crippen molar-refractivity contribution in [1.29, 1.82) is 0 Å². The van der Waals surface area contributed by atoms with Crippen LogP contribution in [0.4, 0.5) is 4.39 Å². The van der Waals surface area contributed by atoms with Gasteiger partial charge in [0.2, 0.25) is 5.91 Å². The first kappa shape index (κ1) is 22.5. The average molecular weight is 441 g/mol. The number of sulfone groups is 1. The molecule has 1 atom stereocenters. The van der Waals surface area contributed by atoms with E-state index in [4.69, 9.17) is 9.47 Å². The second-order valence-electron chi connectivity index (χ2n) is 8.04. The van der Waals surface area contributed by atoms with Crippen molar-refractivity contribution in [2.24, 2.45) is 10.9 Å². The molecule has 0 radical (unpaired) electrons. The zero-order valence-corrected chi connectivity index (χ0v) is 18.0. The molecule has 1 aliphatic carbocycles. The largest absolute Gasteiger partial charge is 0.490 e. The molecule has 1 heterocycles. The van der Waals surface area contributed by atoms with E-state index in [-0.39, 0.29) is 41.6 Å². The quantitative estimate of drug-likeness (QED) is 0.505. The van der Waals surface area contributed by atoms with Crippen LogP contribution in [0, 0.1) is 11.7 Å². The zero-order valence-electron chi connectivity index (χ0n) is 17.2. The highest BCUT2D eigenvalue weighted by Gasteiger charge is 2.23. The van der Waals surface area contributed by atoms with Crippen molar-refractivity contribution in [2.75, 3.05) is 31.3 Å². The van der Waals surface area contributed by atoms with E-state index in [2.05, 4.69) is 10.3 Å². The van der Waals surface area contributed by atoms with Crippen LogP contribution in [0.25, 0.3) is 0 Å². The Morgan fingerprint density at radius 1 is 1.23 bits per heavy atom. The van der Waals surface area contributed by atoms with E-state index in [0.717, 1.165) is 18.4 Å². The number of unbranched alkanes of at least 4 members (excludes halogenated alkanes) is 2. The molecule has 1 aromatic rings. The summed E-state index contributed by atoms with van der Waals surface area (Å²) in [7, 11) is -3.23. The maximum atomic E-state index is 13.9. The van der Waals surface area contributed by atoms with E-state index < -0.39 is 15.7 Å². The van der Waals surface area contributed by atoms with Gasteiger partial charge in [0.25, 0.3) is 6.02 Å². The van der Waals surface area contributed by atoms with Crippen molar-refractivity contribution in [2.45, 2.75) is 44.9 Å². The summed E-state index contributed by atoms with van der Waals surface area (Å²) in [5.41, 5.74) is 0.763. The van der Waals surface area contributed by atoms with Crippen LogP contribution in [0.15, 0.2) is 23.2 Å². The van der Waals surface area contributed by atoms with Crippen LogP contribution in [0.1, 0.15) is 50.5 Å². The Balaban J connectivity index is 1.38. The third-order valence-electron chi connectivity index (χ3n) is 5.15. The van der Waals surface area contributed by atoms with Gasteiger partial charge in [-0.1, -0.05) is 13.0 Å². The maximum absolute atomic E-state index is 13.9. The number of rotatable bonds is 12. The summed E-state index contributed by atoms with van der Waals surface area (Å²) < 4.78 is 49.7. The molecule has 166 valence electrons. The number of ether oxygens (including phenoxy) is 2. The van der Waals surface area contributed by atoms with Crippen molar-refractivity contribution in [3.8, 4) is 5.75 Å². The molecule has 1 aliphatic heterocycles. The number of hydrogen-bond donors (Lipinski definition) is 1. The molecule has 1 saturated carbocycles. The summed E-state index contributed by atoms with van der Waals surface area (Å²) in [4.78, 5) is 14.9. The van der Waals surface area contributed by atoms with Crippen LogP contribution < -0.4 is 10.1 Å². The van der Waals surface area contributed by atoms with Gasteiger partial charge in [-0.25, -0.2) is 17.8 Å². The maximum Gasteiger partial charge on any atom is 0.291 e. The molecule has 9 heteroatoms. The number of aliphatic imine (C=N–C) groups is 1. The van der Waals surface area contributed by atoms with Crippen molar-refractivity contribution in [3.05, 3.63) is 29.6 Å². The van der Waals surface area contributed by atoms with Crippen LogP contribution in [0.3, 0.4) is 0 Å². The van der Waals surface area contributed by atoms with Gasteiger partial charge < -0.3 is 9.47 Å². The molecular weight excluding hydrogens is 411 g/mol. The predicted molar refractivity (Wildman–Crippen MR) is 112 cm³/mol. The minimum absolute atomic E-state index is 0.0139. The fourth-order valence-corrected chi connectivity index (χ4v) is 4.95. The number of carbonyl (C=O) groups is 1. The van der Waals surface area contributed by atoms with Gasteiger partial charge in [-0.3, -0.25) is 10.1 Å². The number of amides is 1. The molecule has 3 rings (SSSR count). The molecule has 0 unspecified atom stereocenters. The average Bonchev–Trinajstić information content (AvgIpc) is 3.43. The molecule has 30 heavy (non-hydrogen) atoms. The predicted octanol–water partition coefficient (Wildman–Crippen LogP) is 2.81. The summed E-state index contributed by atoms with van der Waals surface area (Å²) in [6.45, 7) is 2.82. The molecule has 1 amide bonds. The Bertz CT molecular complexity index is 883. The van der Waals surface area contributed by atoms with Gasteiger partial charge >= 0.3 is 0 Å². The first-order valence-corrected chi connectivity index (χ1v) is 12.2. The van der Waals surface area contributed by atoms with Gasteiger partial charge in [0.1, 0.15) is 6.54 Å². The summed E-state index contributed by atoms with van der Waals surface area (Å²) in [5, 5.41) is 2.49. The number of halogens is 1. The number of nitrogens with zero attached hydrogens (tertiary/aromatic N) is 1. The van der Waals surface area contributed by atoms with Crippen LogP contribution >= 0.6 is 0 Å². The van der Waals surface area contributed by atoms with E-state index in [1.807, 2.05) is 6.92 Å². The van der Waals surface area contributed by atoms with Gasteiger partial charge in [-0.2, -0.15) is 0 Å².